The van der Waals surface area contributed by atoms with Gasteiger partial charge in [0.15, 0.2) is 23.0 Å². The Morgan fingerprint density at radius 1 is 1.08 bits per heavy atom. The van der Waals surface area contributed by atoms with Crippen molar-refractivity contribution in [3.63, 3.8) is 0 Å². The van der Waals surface area contributed by atoms with Crippen LogP contribution in [0.15, 0.2) is 47.7 Å². The highest BCUT2D eigenvalue weighted by Crippen LogP contribution is 2.45. The van der Waals surface area contributed by atoms with E-state index in [9.17, 15) is 14.7 Å². The number of benzene rings is 2. The van der Waals surface area contributed by atoms with Gasteiger partial charge in [0, 0.05) is 37.3 Å². The lowest BCUT2D eigenvalue weighted by Crippen LogP contribution is -2.39. The van der Waals surface area contributed by atoms with Crippen LogP contribution in [0.25, 0.3) is 0 Å². The number of carbonyl (C=O) groups excluding carboxylic acids is 2. The summed E-state index contributed by atoms with van der Waals surface area (Å²) in [4.78, 5) is 31.1. The summed E-state index contributed by atoms with van der Waals surface area (Å²) < 4.78 is 16.6. The summed E-state index contributed by atoms with van der Waals surface area (Å²) in [6, 6.07) is 10.2. The first-order valence-electron chi connectivity index (χ1n) is 12.2. The minimum Gasteiger partial charge on any atom is -0.503 e. The van der Waals surface area contributed by atoms with E-state index in [1.165, 1.54) is 14.2 Å². The van der Waals surface area contributed by atoms with E-state index in [4.69, 9.17) is 14.2 Å². The zero-order chi connectivity index (χ0) is 25.8. The molecular formula is C28H34N2O6. The number of hydrogen-bond acceptors (Lipinski definition) is 7. The minimum absolute atomic E-state index is 0.0617. The number of nitrogens with zero attached hydrogens (tertiary/aromatic N) is 2. The van der Waals surface area contributed by atoms with Gasteiger partial charge in [-0.3, -0.25) is 14.5 Å². The number of aryl methyl sites for hydroxylation is 2. The summed E-state index contributed by atoms with van der Waals surface area (Å²) in [5, 5.41) is 11.1. The lowest BCUT2D eigenvalue weighted by molar-refractivity contribution is -0.129. The van der Waals surface area contributed by atoms with Gasteiger partial charge in [0.2, 0.25) is 0 Å². The predicted octanol–water partition coefficient (Wildman–Crippen LogP) is 3.62. The van der Waals surface area contributed by atoms with Gasteiger partial charge in [0.25, 0.3) is 5.91 Å². The Labute approximate surface area is 212 Å². The summed E-state index contributed by atoms with van der Waals surface area (Å²) in [5.41, 5.74) is 2.82. The molecule has 1 fully saturated rings. The first-order chi connectivity index (χ1) is 17.4. The number of para-hydroxylation sites is 1. The van der Waals surface area contributed by atoms with Crippen molar-refractivity contribution in [1.82, 2.24) is 9.80 Å². The first kappa shape index (κ1) is 25.7. The van der Waals surface area contributed by atoms with Crippen LogP contribution in [-0.2, 0) is 9.53 Å². The number of carbonyl (C=O) groups is 2. The predicted molar refractivity (Wildman–Crippen MR) is 136 cm³/mol. The Balaban J connectivity index is 1.74. The Morgan fingerprint density at radius 3 is 2.53 bits per heavy atom. The molecule has 2 aliphatic rings. The third-order valence-electron chi connectivity index (χ3n) is 6.89. The molecule has 0 bridgehead atoms. The SMILES string of the molecule is COc1cccc(C2C(C(=O)c3cc(C)ccc3C)=C(O)C(=O)N2CCCN2CCOCC2)c1OC. The van der Waals surface area contributed by atoms with Crippen molar-refractivity contribution >= 4 is 11.7 Å². The van der Waals surface area contributed by atoms with Gasteiger partial charge in [-0.25, -0.2) is 0 Å². The fourth-order valence-corrected chi connectivity index (χ4v) is 4.98. The molecule has 4 rings (SSSR count). The molecule has 192 valence electrons. The van der Waals surface area contributed by atoms with Gasteiger partial charge in [-0.2, -0.15) is 0 Å². The second-order valence-electron chi connectivity index (χ2n) is 9.20. The number of aliphatic hydroxyl groups excluding tert-OH is 1. The van der Waals surface area contributed by atoms with Gasteiger partial charge in [-0.1, -0.05) is 29.8 Å². The molecule has 36 heavy (non-hydrogen) atoms. The van der Waals surface area contributed by atoms with Crippen molar-refractivity contribution in [2.45, 2.75) is 26.3 Å². The highest BCUT2D eigenvalue weighted by atomic mass is 16.5. The van der Waals surface area contributed by atoms with Crippen LogP contribution < -0.4 is 9.47 Å². The van der Waals surface area contributed by atoms with Gasteiger partial charge in [-0.05, 0) is 38.0 Å². The number of methoxy groups -OCH3 is 2. The maximum atomic E-state index is 13.9. The van der Waals surface area contributed by atoms with Crippen molar-refractivity contribution in [3.05, 3.63) is 70.0 Å². The standard InChI is InChI=1S/C28H34N2O6/c1-18-9-10-19(2)21(17-18)25(31)23-24(20-7-5-8-22(34-3)27(20)35-4)30(28(33)26(23)32)12-6-11-29-13-15-36-16-14-29/h5,7-10,17,24,32H,6,11-16H2,1-4H3. The van der Waals surface area contributed by atoms with E-state index in [1.54, 1.807) is 23.1 Å². The number of rotatable bonds is 9. The smallest absolute Gasteiger partial charge is 0.290 e. The molecule has 1 saturated heterocycles. The highest BCUT2D eigenvalue weighted by Gasteiger charge is 2.45. The molecular weight excluding hydrogens is 460 g/mol. The molecule has 1 amide bonds. The van der Waals surface area contributed by atoms with E-state index in [0.29, 0.717) is 48.8 Å². The van der Waals surface area contributed by atoms with Gasteiger partial charge in [-0.15, -0.1) is 0 Å². The molecule has 0 aliphatic carbocycles. The van der Waals surface area contributed by atoms with Gasteiger partial charge < -0.3 is 24.2 Å². The number of hydrogen-bond donors (Lipinski definition) is 1. The third kappa shape index (κ3) is 4.96. The van der Waals surface area contributed by atoms with Crippen LogP contribution in [0.5, 0.6) is 11.5 Å². The Bertz CT molecular complexity index is 1170. The van der Waals surface area contributed by atoms with Crippen molar-refractivity contribution < 1.29 is 28.9 Å². The van der Waals surface area contributed by atoms with Crippen LogP contribution in [-0.4, -0.2) is 80.2 Å². The summed E-state index contributed by atoms with van der Waals surface area (Å²) in [5.74, 6) is -0.521. The first-order valence-corrected chi connectivity index (χ1v) is 12.2. The average Bonchev–Trinajstić information content (AvgIpc) is 3.14. The Hall–Kier alpha value is -3.36. The van der Waals surface area contributed by atoms with E-state index >= 15 is 0 Å². The number of aliphatic hydroxyl groups is 1. The second kappa shape index (κ2) is 11.1. The summed E-state index contributed by atoms with van der Waals surface area (Å²) in [6.45, 7) is 8.01. The molecule has 1 N–H and O–H groups in total. The van der Waals surface area contributed by atoms with E-state index in [-0.39, 0.29) is 11.4 Å². The highest BCUT2D eigenvalue weighted by molar-refractivity contribution is 6.16. The monoisotopic (exact) mass is 494 g/mol. The van der Waals surface area contributed by atoms with Crippen LogP contribution in [0, 0.1) is 13.8 Å². The summed E-state index contributed by atoms with van der Waals surface area (Å²) in [6.07, 6.45) is 0.687. The van der Waals surface area contributed by atoms with Crippen molar-refractivity contribution in [2.75, 3.05) is 53.6 Å². The molecule has 2 aromatic carbocycles. The zero-order valence-corrected chi connectivity index (χ0v) is 21.4. The molecule has 1 unspecified atom stereocenters. The molecule has 0 saturated carbocycles. The van der Waals surface area contributed by atoms with E-state index < -0.39 is 17.7 Å². The minimum atomic E-state index is -0.806. The van der Waals surface area contributed by atoms with Crippen molar-refractivity contribution in [1.29, 1.82) is 0 Å². The van der Waals surface area contributed by atoms with Crippen LogP contribution in [0.4, 0.5) is 0 Å². The maximum Gasteiger partial charge on any atom is 0.290 e. The largest absolute Gasteiger partial charge is 0.503 e. The topological polar surface area (TPSA) is 88.5 Å². The van der Waals surface area contributed by atoms with Crippen molar-refractivity contribution in [3.8, 4) is 11.5 Å². The van der Waals surface area contributed by atoms with E-state index in [1.807, 2.05) is 32.0 Å². The molecule has 0 spiro atoms. The van der Waals surface area contributed by atoms with E-state index in [2.05, 4.69) is 4.90 Å². The number of ether oxygens (including phenoxy) is 3. The van der Waals surface area contributed by atoms with Gasteiger partial charge in [0.05, 0.1) is 39.0 Å². The number of morpholine rings is 1. The molecule has 2 heterocycles. The van der Waals surface area contributed by atoms with Crippen LogP contribution in [0.1, 0.15) is 39.5 Å². The average molecular weight is 495 g/mol. The quantitative estimate of drug-likeness (QED) is 0.533. The normalized spacial score (nSPS) is 18.6. The maximum absolute atomic E-state index is 13.9. The number of amides is 1. The van der Waals surface area contributed by atoms with Crippen molar-refractivity contribution in [2.24, 2.45) is 0 Å². The second-order valence-corrected chi connectivity index (χ2v) is 9.20. The van der Waals surface area contributed by atoms with Gasteiger partial charge >= 0.3 is 0 Å². The van der Waals surface area contributed by atoms with Gasteiger partial charge in [0.1, 0.15) is 0 Å². The zero-order valence-electron chi connectivity index (χ0n) is 21.4. The molecule has 2 aliphatic heterocycles. The summed E-state index contributed by atoms with van der Waals surface area (Å²) in [7, 11) is 3.06. The van der Waals surface area contributed by atoms with Crippen LogP contribution in [0.3, 0.4) is 0 Å². The third-order valence-corrected chi connectivity index (χ3v) is 6.89. The number of Topliss-reactive ketones (excluding diaryl/α,β-unsaturated/α-hetero) is 1. The lowest BCUT2D eigenvalue weighted by atomic mass is 9.89. The molecule has 8 nitrogen and oxygen atoms in total. The molecule has 2 aromatic rings. The Morgan fingerprint density at radius 2 is 1.83 bits per heavy atom. The molecule has 0 aromatic heterocycles. The van der Waals surface area contributed by atoms with E-state index in [0.717, 1.165) is 30.8 Å². The molecule has 8 heteroatoms. The fourth-order valence-electron chi connectivity index (χ4n) is 4.98. The lowest BCUT2D eigenvalue weighted by Gasteiger charge is -2.30. The van der Waals surface area contributed by atoms with Crippen LogP contribution in [0.2, 0.25) is 0 Å². The summed E-state index contributed by atoms with van der Waals surface area (Å²) >= 11 is 0. The number of ketones is 1. The molecule has 1 atom stereocenters. The fraction of sp³-hybridized carbons (Fsp3) is 0.429. The molecule has 0 radical (unpaired) electrons. The Kier molecular flexibility index (Phi) is 7.96. The van der Waals surface area contributed by atoms with Crippen LogP contribution >= 0.6 is 0 Å².